The quantitative estimate of drug-likeness (QED) is 0.256. The molecule has 4 aromatic heterocycles. The Kier molecular flexibility index (Phi) is 6.82. The lowest BCUT2D eigenvalue weighted by Crippen LogP contribution is -2.52. The van der Waals surface area contributed by atoms with E-state index >= 15 is 0 Å². The first-order chi connectivity index (χ1) is 18.9. The van der Waals surface area contributed by atoms with Gasteiger partial charge < -0.3 is 9.80 Å². The lowest BCUT2D eigenvalue weighted by molar-refractivity contribution is -0.141. The zero-order valence-corrected chi connectivity index (χ0v) is 22.0. The fourth-order valence-electron chi connectivity index (χ4n) is 4.80. The van der Waals surface area contributed by atoms with Gasteiger partial charge in [-0.15, -0.1) is 0 Å². The Morgan fingerprint density at radius 1 is 1.12 bits per heavy atom. The predicted octanol–water partition coefficient (Wildman–Crippen LogP) is 3.20. The van der Waals surface area contributed by atoms with Crippen molar-refractivity contribution in [3.8, 4) is 16.8 Å². The van der Waals surface area contributed by atoms with Crippen LogP contribution in [0.1, 0.15) is 17.4 Å². The van der Waals surface area contributed by atoms with E-state index in [1.807, 2.05) is 30.6 Å². The molecule has 1 amide bonds. The molecule has 1 aliphatic heterocycles. The van der Waals surface area contributed by atoms with Crippen LogP contribution in [-0.4, -0.2) is 78.3 Å². The number of likely N-dealkylation sites (N-methyl/N-ethyl adjacent to an activating group) is 1. The molecule has 0 bridgehead atoms. The number of hydrogen-bond acceptors (Lipinski definition) is 6. The van der Waals surface area contributed by atoms with E-state index in [9.17, 15) is 27.2 Å². The zero-order chi connectivity index (χ0) is 28.9. The summed E-state index contributed by atoms with van der Waals surface area (Å²) in [7, 11) is 3.91. The number of pyridine rings is 2. The van der Waals surface area contributed by atoms with Crippen molar-refractivity contribution in [3.63, 3.8) is 0 Å². The van der Waals surface area contributed by atoms with E-state index in [-0.39, 0.29) is 24.4 Å². The minimum absolute atomic E-state index is 0.0431. The number of hydrogen-bond donors (Lipinski definition) is 0. The number of carbonyl (C=O) groups excluding carboxylic acids is 1. The molecule has 0 atom stereocenters. The first-order valence-corrected chi connectivity index (χ1v) is 12.3. The van der Waals surface area contributed by atoms with Gasteiger partial charge in [0, 0.05) is 42.7 Å². The Bertz CT molecular complexity index is 1660. The van der Waals surface area contributed by atoms with E-state index < -0.39 is 35.3 Å². The number of imidazole rings is 1. The highest BCUT2D eigenvalue weighted by atomic mass is 19.4. The lowest BCUT2D eigenvalue weighted by atomic mass is 10.0. The van der Waals surface area contributed by atoms with Gasteiger partial charge in [-0.2, -0.15) is 18.3 Å². The van der Waals surface area contributed by atoms with Crippen LogP contribution in [0.5, 0.6) is 0 Å². The summed E-state index contributed by atoms with van der Waals surface area (Å²) < 4.78 is 57.3. The molecule has 1 fully saturated rings. The van der Waals surface area contributed by atoms with Crippen LogP contribution in [0.15, 0.2) is 54.0 Å². The van der Waals surface area contributed by atoms with Crippen LogP contribution in [0.4, 0.5) is 17.6 Å². The van der Waals surface area contributed by atoms with Crippen molar-refractivity contribution in [2.75, 3.05) is 33.7 Å². The van der Waals surface area contributed by atoms with Gasteiger partial charge in [0.1, 0.15) is 5.69 Å². The van der Waals surface area contributed by atoms with Crippen molar-refractivity contribution in [1.82, 2.24) is 38.7 Å². The van der Waals surface area contributed by atoms with Crippen LogP contribution < -0.4 is 5.69 Å². The third-order valence-electron chi connectivity index (χ3n) is 6.95. The molecule has 0 radical (unpaired) electrons. The smallest absolute Gasteiger partial charge is 0.332 e. The molecule has 10 nitrogen and oxygen atoms in total. The second kappa shape index (κ2) is 10.0. The highest BCUT2D eigenvalue weighted by Crippen LogP contribution is 2.34. The van der Waals surface area contributed by atoms with Gasteiger partial charge in [0.2, 0.25) is 0 Å². The van der Waals surface area contributed by atoms with E-state index in [1.54, 1.807) is 12.3 Å². The fourth-order valence-corrected chi connectivity index (χ4v) is 4.80. The van der Waals surface area contributed by atoms with E-state index in [0.29, 0.717) is 17.6 Å². The molecular formula is C26H26F4N8O2. The van der Waals surface area contributed by atoms with Gasteiger partial charge in [-0.05, 0) is 39.2 Å². The molecule has 0 aromatic carbocycles. The Morgan fingerprint density at radius 3 is 2.45 bits per heavy atom. The molecule has 0 unspecified atom stereocenters. The molecule has 1 saturated heterocycles. The molecule has 5 rings (SSSR count). The topological polar surface area (TPSA) is 94.1 Å². The molecule has 0 saturated carbocycles. The summed E-state index contributed by atoms with van der Waals surface area (Å²) in [5, 5.41) is 4.51. The maximum absolute atomic E-state index is 13.9. The van der Waals surface area contributed by atoms with Crippen molar-refractivity contribution in [1.29, 1.82) is 0 Å². The van der Waals surface area contributed by atoms with Gasteiger partial charge in [0.25, 0.3) is 5.91 Å². The Labute approximate surface area is 225 Å². The molecule has 0 spiro atoms. The molecular weight excluding hydrogens is 532 g/mol. The van der Waals surface area contributed by atoms with Crippen molar-refractivity contribution >= 4 is 17.1 Å². The minimum atomic E-state index is -4.64. The van der Waals surface area contributed by atoms with Crippen LogP contribution in [0, 0.1) is 6.92 Å². The average molecular weight is 559 g/mol. The Balaban J connectivity index is 1.68. The summed E-state index contributed by atoms with van der Waals surface area (Å²) in [4.78, 5) is 37.1. The van der Waals surface area contributed by atoms with Crippen LogP contribution in [0.3, 0.4) is 0 Å². The van der Waals surface area contributed by atoms with Gasteiger partial charge in [0.15, 0.2) is 11.5 Å². The predicted molar refractivity (Wildman–Crippen MR) is 139 cm³/mol. The largest absolute Gasteiger partial charge is 0.433 e. The van der Waals surface area contributed by atoms with Crippen molar-refractivity contribution < 1.29 is 22.4 Å². The summed E-state index contributed by atoms with van der Waals surface area (Å²) in [6.07, 6.45) is -0.475. The molecule has 210 valence electrons. The number of carbonyl (C=O) groups is 1. The number of nitrogens with zero attached hydrogens (tertiary/aromatic N) is 8. The maximum atomic E-state index is 13.9. The number of fused-ring (bicyclic) bond motifs is 1. The lowest BCUT2D eigenvalue weighted by Gasteiger charge is -2.39. The summed E-state index contributed by atoms with van der Waals surface area (Å²) >= 11 is 0. The molecule has 5 heterocycles. The van der Waals surface area contributed by atoms with Gasteiger partial charge in [0.05, 0.1) is 36.2 Å². The van der Waals surface area contributed by atoms with Crippen molar-refractivity contribution in [2.45, 2.75) is 25.7 Å². The average Bonchev–Trinajstić information content (AvgIpc) is 3.38. The van der Waals surface area contributed by atoms with E-state index in [2.05, 4.69) is 21.6 Å². The van der Waals surface area contributed by atoms with Gasteiger partial charge >= 0.3 is 11.9 Å². The second-order valence-electron chi connectivity index (χ2n) is 9.86. The molecule has 14 heteroatoms. The third-order valence-corrected chi connectivity index (χ3v) is 6.95. The molecule has 4 aromatic rings. The highest BCUT2D eigenvalue weighted by molar-refractivity contribution is 5.93. The number of rotatable bonds is 7. The van der Waals surface area contributed by atoms with Crippen molar-refractivity contribution in [3.05, 3.63) is 71.1 Å². The number of aromatic nitrogens is 6. The fraction of sp³-hybridized carbons (Fsp3) is 0.346. The second-order valence-corrected chi connectivity index (χ2v) is 9.86. The number of likely N-dealkylation sites (tertiary alicyclic amines) is 1. The molecule has 0 N–H and O–H groups in total. The number of amides is 1. The van der Waals surface area contributed by atoms with Crippen LogP contribution in [0.25, 0.3) is 28.0 Å². The minimum Gasteiger partial charge on any atom is -0.332 e. The SMILES string of the molecule is C=C(F)C(=O)N1CC(n2c(=O)n(-c3ccc(C(F)(F)F)nc3)c3nccc(-c4cnn(CCN(C)C)c4C)c32)C1. The Morgan fingerprint density at radius 2 is 1.85 bits per heavy atom. The number of alkyl halides is 3. The maximum Gasteiger partial charge on any atom is 0.433 e. The first-order valence-electron chi connectivity index (χ1n) is 12.3. The molecule has 0 aliphatic carbocycles. The third kappa shape index (κ3) is 4.68. The normalized spacial score (nSPS) is 14.2. The van der Waals surface area contributed by atoms with Crippen LogP contribution in [-0.2, 0) is 17.5 Å². The van der Waals surface area contributed by atoms with Gasteiger partial charge in [-0.3, -0.25) is 14.0 Å². The molecule has 40 heavy (non-hydrogen) atoms. The standard InChI is InChI=1S/C26H26F4N8O2/c1-15(27)24(39)35-13-18(14-35)37-22-19(20-12-33-36(16(20)2)10-9-34(3)4)7-8-31-23(22)38(25(37)40)17-5-6-21(32-11-17)26(28,29)30/h5-8,11-12,18H,1,9-10,13-14H2,2-4H3. The highest BCUT2D eigenvalue weighted by Gasteiger charge is 2.37. The summed E-state index contributed by atoms with van der Waals surface area (Å²) in [5.41, 5.74) is 1.25. The zero-order valence-electron chi connectivity index (χ0n) is 22.0. The summed E-state index contributed by atoms with van der Waals surface area (Å²) in [6.45, 7) is 6.41. The Hall–Kier alpha value is -4.33. The van der Waals surface area contributed by atoms with Crippen LogP contribution >= 0.6 is 0 Å². The van der Waals surface area contributed by atoms with Gasteiger partial charge in [-0.1, -0.05) is 6.58 Å². The summed E-state index contributed by atoms with van der Waals surface area (Å²) in [5.74, 6) is -1.97. The van der Waals surface area contributed by atoms with E-state index in [0.717, 1.165) is 36.1 Å². The van der Waals surface area contributed by atoms with Crippen LogP contribution in [0.2, 0.25) is 0 Å². The molecule has 1 aliphatic rings. The first kappa shape index (κ1) is 27.2. The van der Waals surface area contributed by atoms with E-state index in [4.69, 9.17) is 0 Å². The van der Waals surface area contributed by atoms with Gasteiger partial charge in [-0.25, -0.2) is 23.7 Å². The van der Waals surface area contributed by atoms with Crippen molar-refractivity contribution in [2.24, 2.45) is 0 Å². The number of halogens is 4. The summed E-state index contributed by atoms with van der Waals surface area (Å²) in [6, 6.07) is 3.15. The van der Waals surface area contributed by atoms with E-state index in [1.165, 1.54) is 20.2 Å². The monoisotopic (exact) mass is 558 g/mol.